The monoisotopic (exact) mass is 204 g/mol. The zero-order valence-electron chi connectivity index (χ0n) is 9.45. The second kappa shape index (κ2) is 4.01. The van der Waals surface area contributed by atoms with Crippen molar-refractivity contribution in [1.29, 1.82) is 0 Å². The van der Waals surface area contributed by atoms with Gasteiger partial charge in [-0.3, -0.25) is 0 Å². The Kier molecular flexibility index (Phi) is 2.71. The smallest absolute Gasteiger partial charge is 0.247 e. The van der Waals surface area contributed by atoms with Crippen LogP contribution in [0.15, 0.2) is 16.5 Å². The molecular formula is C12H16N2O. The summed E-state index contributed by atoms with van der Waals surface area (Å²) >= 11 is 0. The second-order valence-electron chi connectivity index (χ2n) is 3.84. The lowest BCUT2D eigenvalue weighted by molar-refractivity contribution is 0.448. The lowest BCUT2D eigenvalue weighted by Gasteiger charge is -2.05. The molecule has 0 spiro atoms. The average molecular weight is 204 g/mol. The Morgan fingerprint density at radius 2 is 1.93 bits per heavy atom. The summed E-state index contributed by atoms with van der Waals surface area (Å²) in [6.45, 7) is 6.27. The number of hydrogen-bond acceptors (Lipinski definition) is 3. The third-order valence-electron chi connectivity index (χ3n) is 2.75. The molecule has 0 unspecified atom stereocenters. The highest BCUT2D eigenvalue weighted by molar-refractivity contribution is 5.68. The molecule has 3 heteroatoms. The summed E-state index contributed by atoms with van der Waals surface area (Å²) in [7, 11) is 0. The van der Waals surface area contributed by atoms with Crippen molar-refractivity contribution in [2.75, 3.05) is 0 Å². The molecule has 0 fully saturated rings. The van der Waals surface area contributed by atoms with E-state index in [0.29, 0.717) is 11.6 Å². The Bertz CT molecular complexity index is 458. The van der Waals surface area contributed by atoms with Crippen LogP contribution in [-0.2, 0) is 0 Å². The molecule has 2 aromatic rings. The van der Waals surface area contributed by atoms with Crippen molar-refractivity contribution in [3.63, 3.8) is 0 Å². The molecule has 2 heterocycles. The summed E-state index contributed by atoms with van der Waals surface area (Å²) < 4.78 is 5.67. The van der Waals surface area contributed by atoms with Crippen LogP contribution in [0.3, 0.4) is 0 Å². The van der Waals surface area contributed by atoms with Gasteiger partial charge in [0.15, 0.2) is 0 Å². The summed E-state index contributed by atoms with van der Waals surface area (Å²) in [5.74, 6) is 1.24. The van der Waals surface area contributed by atoms with Crippen LogP contribution >= 0.6 is 0 Å². The van der Waals surface area contributed by atoms with Crippen LogP contribution in [0.5, 0.6) is 0 Å². The van der Waals surface area contributed by atoms with Crippen molar-refractivity contribution in [2.45, 2.75) is 39.5 Å². The topological polar surface area (TPSA) is 38.9 Å². The van der Waals surface area contributed by atoms with E-state index < -0.39 is 0 Å². The van der Waals surface area contributed by atoms with Crippen LogP contribution < -0.4 is 0 Å². The van der Waals surface area contributed by atoms with Crippen molar-refractivity contribution in [2.24, 2.45) is 0 Å². The van der Waals surface area contributed by atoms with Crippen molar-refractivity contribution >= 4 is 11.2 Å². The van der Waals surface area contributed by atoms with E-state index in [1.54, 1.807) is 0 Å². The molecule has 0 aromatic carbocycles. The summed E-state index contributed by atoms with van der Waals surface area (Å²) in [6, 6.07) is 3.93. The Morgan fingerprint density at radius 1 is 1.20 bits per heavy atom. The second-order valence-corrected chi connectivity index (χ2v) is 3.84. The van der Waals surface area contributed by atoms with Gasteiger partial charge in [0.05, 0.1) is 0 Å². The maximum absolute atomic E-state index is 5.67. The maximum Gasteiger partial charge on any atom is 0.247 e. The van der Waals surface area contributed by atoms with Crippen LogP contribution in [0.1, 0.15) is 44.2 Å². The largest absolute Gasteiger partial charge is 0.422 e. The first-order valence-corrected chi connectivity index (χ1v) is 5.48. The van der Waals surface area contributed by atoms with Crippen molar-refractivity contribution in [3.8, 4) is 0 Å². The highest BCUT2D eigenvalue weighted by Crippen LogP contribution is 2.25. The van der Waals surface area contributed by atoms with Gasteiger partial charge in [0.25, 0.3) is 0 Å². The van der Waals surface area contributed by atoms with Gasteiger partial charge in [0.1, 0.15) is 5.52 Å². The van der Waals surface area contributed by atoms with Gasteiger partial charge in [-0.15, -0.1) is 0 Å². The van der Waals surface area contributed by atoms with Gasteiger partial charge in [-0.2, -0.15) is 0 Å². The van der Waals surface area contributed by atoms with Gasteiger partial charge in [0.2, 0.25) is 11.6 Å². The summed E-state index contributed by atoms with van der Waals surface area (Å²) in [5.41, 5.74) is 2.49. The van der Waals surface area contributed by atoms with E-state index in [2.05, 4.69) is 23.8 Å². The van der Waals surface area contributed by atoms with Crippen LogP contribution in [0.4, 0.5) is 0 Å². The Balaban J connectivity index is 2.46. The third-order valence-corrected chi connectivity index (χ3v) is 2.75. The Morgan fingerprint density at radius 3 is 2.60 bits per heavy atom. The summed E-state index contributed by atoms with van der Waals surface area (Å²) in [5, 5.41) is 0. The standard InChI is InChI=1S/C12H16N2O/c1-4-9(5-2)11-14-10-7-6-8(3)13-12(10)15-11/h6-7,9H,4-5H2,1-3H3. The predicted molar refractivity (Wildman–Crippen MR) is 59.9 cm³/mol. The van der Waals surface area contributed by atoms with E-state index in [4.69, 9.17) is 4.42 Å². The third kappa shape index (κ3) is 1.87. The minimum atomic E-state index is 0.416. The van der Waals surface area contributed by atoms with Crippen LogP contribution in [0.25, 0.3) is 11.2 Å². The molecule has 0 bridgehead atoms. The Hall–Kier alpha value is -1.38. The average Bonchev–Trinajstić information content (AvgIpc) is 2.62. The van der Waals surface area contributed by atoms with E-state index in [1.165, 1.54) is 0 Å². The van der Waals surface area contributed by atoms with Crippen molar-refractivity contribution in [3.05, 3.63) is 23.7 Å². The molecule has 3 nitrogen and oxygen atoms in total. The summed E-state index contributed by atoms with van der Waals surface area (Å²) in [6.07, 6.45) is 2.12. The molecule has 0 saturated heterocycles. The van der Waals surface area contributed by atoms with Gasteiger partial charge in [-0.25, -0.2) is 9.97 Å². The SMILES string of the molecule is CCC(CC)c1nc2ccc(C)nc2o1. The van der Waals surface area contributed by atoms with Gasteiger partial charge >= 0.3 is 0 Å². The lowest BCUT2D eigenvalue weighted by atomic mass is 10.0. The molecule has 0 radical (unpaired) electrons. The fourth-order valence-electron chi connectivity index (χ4n) is 1.74. The quantitative estimate of drug-likeness (QED) is 0.768. The molecule has 2 aromatic heterocycles. The van der Waals surface area contributed by atoms with Gasteiger partial charge in [-0.1, -0.05) is 13.8 Å². The molecular weight excluding hydrogens is 188 g/mol. The van der Waals surface area contributed by atoms with E-state index in [1.807, 2.05) is 19.1 Å². The first-order chi connectivity index (χ1) is 7.24. The highest BCUT2D eigenvalue weighted by atomic mass is 16.4. The fraction of sp³-hybridized carbons (Fsp3) is 0.500. The lowest BCUT2D eigenvalue weighted by Crippen LogP contribution is -1.94. The van der Waals surface area contributed by atoms with Gasteiger partial charge in [-0.05, 0) is 31.9 Å². The van der Waals surface area contributed by atoms with E-state index in [0.717, 1.165) is 29.9 Å². The first kappa shape index (κ1) is 10.1. The molecule has 0 N–H and O–H groups in total. The van der Waals surface area contributed by atoms with E-state index in [9.17, 15) is 0 Å². The number of hydrogen-bond donors (Lipinski definition) is 0. The molecule has 0 amide bonds. The molecule has 0 atom stereocenters. The first-order valence-electron chi connectivity index (χ1n) is 5.48. The number of oxazole rings is 1. The number of rotatable bonds is 3. The normalized spacial score (nSPS) is 11.5. The van der Waals surface area contributed by atoms with Crippen molar-refractivity contribution in [1.82, 2.24) is 9.97 Å². The maximum atomic E-state index is 5.67. The number of aromatic nitrogens is 2. The molecule has 15 heavy (non-hydrogen) atoms. The van der Waals surface area contributed by atoms with E-state index in [-0.39, 0.29) is 0 Å². The molecule has 2 rings (SSSR count). The zero-order chi connectivity index (χ0) is 10.8. The zero-order valence-corrected chi connectivity index (χ0v) is 9.45. The fourth-order valence-corrected chi connectivity index (χ4v) is 1.74. The highest BCUT2D eigenvalue weighted by Gasteiger charge is 2.14. The molecule has 0 aliphatic heterocycles. The van der Waals surface area contributed by atoms with Crippen molar-refractivity contribution < 1.29 is 4.42 Å². The number of aryl methyl sites for hydroxylation is 1. The number of fused-ring (bicyclic) bond motifs is 1. The molecule has 0 saturated carbocycles. The number of pyridine rings is 1. The number of nitrogens with zero attached hydrogens (tertiary/aromatic N) is 2. The molecule has 0 aliphatic carbocycles. The molecule has 0 aliphatic rings. The minimum Gasteiger partial charge on any atom is -0.422 e. The van der Waals surface area contributed by atoms with E-state index >= 15 is 0 Å². The molecule has 80 valence electrons. The van der Waals surface area contributed by atoms with Crippen LogP contribution in [0, 0.1) is 6.92 Å². The van der Waals surface area contributed by atoms with Gasteiger partial charge < -0.3 is 4.42 Å². The van der Waals surface area contributed by atoms with Crippen LogP contribution in [-0.4, -0.2) is 9.97 Å². The minimum absolute atomic E-state index is 0.416. The van der Waals surface area contributed by atoms with Crippen LogP contribution in [0.2, 0.25) is 0 Å². The Labute approximate surface area is 89.5 Å². The predicted octanol–water partition coefficient (Wildman–Crippen LogP) is 3.43. The summed E-state index contributed by atoms with van der Waals surface area (Å²) in [4.78, 5) is 8.78. The van der Waals surface area contributed by atoms with Gasteiger partial charge in [0, 0.05) is 11.6 Å².